The minimum Gasteiger partial charge on any atom is -0.487 e. The Morgan fingerprint density at radius 3 is 2.44 bits per heavy atom. The third-order valence-electron chi connectivity index (χ3n) is 2.79. The molecule has 94 valence electrons. The molecule has 18 heavy (non-hydrogen) atoms. The molecule has 0 fully saturated rings. The molecule has 2 rings (SSSR count). The first-order valence-corrected chi connectivity index (χ1v) is 5.97. The van der Waals surface area contributed by atoms with Crippen LogP contribution < -0.4 is 10.2 Å². The van der Waals surface area contributed by atoms with Crippen LogP contribution in [0.5, 0.6) is 5.75 Å². The fourth-order valence-electron chi connectivity index (χ4n) is 1.89. The van der Waals surface area contributed by atoms with E-state index < -0.39 is 0 Å². The molecular weight excluding hydrogens is 228 g/mol. The predicted octanol–water partition coefficient (Wildman–Crippen LogP) is 3.32. The van der Waals surface area contributed by atoms with Crippen LogP contribution in [0.4, 0.5) is 0 Å². The van der Waals surface area contributed by atoms with E-state index in [2.05, 4.69) is 0 Å². The van der Waals surface area contributed by atoms with Crippen molar-refractivity contribution in [2.45, 2.75) is 20.8 Å². The molecule has 0 aliphatic carbocycles. The average Bonchev–Trinajstić information content (AvgIpc) is 2.40. The lowest BCUT2D eigenvalue weighted by Crippen LogP contribution is -2.13. The van der Waals surface area contributed by atoms with Gasteiger partial charge in [-0.05, 0) is 20.8 Å². The highest BCUT2D eigenvalue weighted by Crippen LogP contribution is 2.26. The van der Waals surface area contributed by atoms with E-state index in [1.807, 2.05) is 37.3 Å². The number of hydrogen-bond donors (Lipinski definition) is 0. The molecule has 0 saturated heterocycles. The van der Waals surface area contributed by atoms with Gasteiger partial charge >= 0.3 is 0 Å². The van der Waals surface area contributed by atoms with Crippen molar-refractivity contribution in [3.8, 4) is 17.1 Å². The van der Waals surface area contributed by atoms with Gasteiger partial charge in [-0.25, -0.2) is 0 Å². The Morgan fingerprint density at radius 2 is 1.83 bits per heavy atom. The molecule has 0 atom stereocenters. The lowest BCUT2D eigenvalue weighted by molar-refractivity contribution is 0.317. The molecule has 1 aromatic heterocycles. The van der Waals surface area contributed by atoms with Gasteiger partial charge in [0.15, 0.2) is 0 Å². The van der Waals surface area contributed by atoms with Gasteiger partial charge < -0.3 is 9.15 Å². The van der Waals surface area contributed by atoms with E-state index >= 15 is 0 Å². The summed E-state index contributed by atoms with van der Waals surface area (Å²) in [7, 11) is 0. The Hall–Kier alpha value is -2.03. The van der Waals surface area contributed by atoms with E-state index in [4.69, 9.17) is 9.15 Å². The van der Waals surface area contributed by atoms with E-state index in [1.165, 1.54) is 0 Å². The number of aryl methyl sites for hydroxylation is 1. The quantitative estimate of drug-likeness (QED) is 0.831. The standard InChI is InChI=1S/C15H16O3/c1-4-17-15-11(3)18-14(10(2)13(15)16)12-8-6-5-7-9-12/h5-9H,4H2,1-3H3. The summed E-state index contributed by atoms with van der Waals surface area (Å²) in [4.78, 5) is 12.2. The monoisotopic (exact) mass is 244 g/mol. The van der Waals surface area contributed by atoms with Crippen LogP contribution >= 0.6 is 0 Å². The maximum Gasteiger partial charge on any atom is 0.230 e. The average molecular weight is 244 g/mol. The van der Waals surface area contributed by atoms with Gasteiger partial charge in [0.25, 0.3) is 0 Å². The molecule has 2 aromatic rings. The molecule has 3 nitrogen and oxygen atoms in total. The van der Waals surface area contributed by atoms with Crippen LogP contribution in [0.25, 0.3) is 11.3 Å². The zero-order valence-electron chi connectivity index (χ0n) is 10.8. The Morgan fingerprint density at radius 1 is 1.17 bits per heavy atom. The van der Waals surface area contributed by atoms with Gasteiger partial charge in [0.2, 0.25) is 11.2 Å². The van der Waals surface area contributed by atoms with Crippen molar-refractivity contribution in [1.29, 1.82) is 0 Å². The summed E-state index contributed by atoms with van der Waals surface area (Å²) in [6.07, 6.45) is 0. The second kappa shape index (κ2) is 5.08. The van der Waals surface area contributed by atoms with Gasteiger partial charge in [0.1, 0.15) is 11.5 Å². The van der Waals surface area contributed by atoms with Crippen molar-refractivity contribution in [3.05, 3.63) is 51.9 Å². The first-order valence-electron chi connectivity index (χ1n) is 5.97. The molecule has 0 saturated carbocycles. The SMILES string of the molecule is CCOc1c(C)oc(-c2ccccc2)c(C)c1=O. The van der Waals surface area contributed by atoms with Crippen LogP contribution in [0, 0.1) is 13.8 Å². The lowest BCUT2D eigenvalue weighted by atomic mass is 10.1. The molecule has 3 heteroatoms. The van der Waals surface area contributed by atoms with Crippen LogP contribution in [-0.2, 0) is 0 Å². The zero-order chi connectivity index (χ0) is 13.1. The Balaban J connectivity index is 2.62. The highest BCUT2D eigenvalue weighted by molar-refractivity contribution is 5.61. The summed E-state index contributed by atoms with van der Waals surface area (Å²) in [6.45, 7) is 5.81. The molecule has 0 aliphatic rings. The topological polar surface area (TPSA) is 39.4 Å². The van der Waals surface area contributed by atoms with Crippen LogP contribution in [-0.4, -0.2) is 6.61 Å². The predicted molar refractivity (Wildman–Crippen MR) is 71.1 cm³/mol. The van der Waals surface area contributed by atoms with E-state index in [-0.39, 0.29) is 5.43 Å². The molecule has 0 unspecified atom stereocenters. The lowest BCUT2D eigenvalue weighted by Gasteiger charge is -2.10. The van der Waals surface area contributed by atoms with E-state index in [0.717, 1.165) is 5.56 Å². The Labute approximate surface area is 106 Å². The molecule has 0 amide bonds. The van der Waals surface area contributed by atoms with Gasteiger partial charge in [-0.1, -0.05) is 30.3 Å². The number of rotatable bonds is 3. The van der Waals surface area contributed by atoms with Crippen molar-refractivity contribution < 1.29 is 9.15 Å². The number of hydrogen-bond acceptors (Lipinski definition) is 3. The summed E-state index contributed by atoms with van der Waals surface area (Å²) in [6, 6.07) is 9.61. The molecule has 0 aliphatic heterocycles. The maximum atomic E-state index is 12.2. The van der Waals surface area contributed by atoms with Crippen molar-refractivity contribution in [2.75, 3.05) is 6.61 Å². The minimum atomic E-state index is -0.0977. The zero-order valence-corrected chi connectivity index (χ0v) is 10.8. The van der Waals surface area contributed by atoms with Gasteiger partial charge in [-0.2, -0.15) is 0 Å². The largest absolute Gasteiger partial charge is 0.487 e. The second-order valence-electron chi connectivity index (χ2n) is 4.07. The van der Waals surface area contributed by atoms with Gasteiger partial charge in [0.05, 0.1) is 6.61 Å². The highest BCUT2D eigenvalue weighted by Gasteiger charge is 2.15. The van der Waals surface area contributed by atoms with Crippen molar-refractivity contribution >= 4 is 0 Å². The van der Waals surface area contributed by atoms with Gasteiger partial charge in [0, 0.05) is 11.1 Å². The van der Waals surface area contributed by atoms with E-state index in [1.54, 1.807) is 13.8 Å². The van der Waals surface area contributed by atoms with Crippen LogP contribution in [0.15, 0.2) is 39.5 Å². The first-order chi connectivity index (χ1) is 8.65. The molecule has 1 aromatic carbocycles. The summed E-state index contributed by atoms with van der Waals surface area (Å²) < 4.78 is 11.1. The molecular formula is C15H16O3. The Kier molecular flexibility index (Phi) is 3.51. The molecule has 0 spiro atoms. The highest BCUT2D eigenvalue weighted by atomic mass is 16.5. The van der Waals surface area contributed by atoms with Crippen LogP contribution in [0.1, 0.15) is 18.2 Å². The molecule has 0 N–H and O–H groups in total. The van der Waals surface area contributed by atoms with Gasteiger partial charge in [-0.15, -0.1) is 0 Å². The van der Waals surface area contributed by atoms with Crippen LogP contribution in [0.3, 0.4) is 0 Å². The second-order valence-corrected chi connectivity index (χ2v) is 4.07. The summed E-state index contributed by atoms with van der Waals surface area (Å²) in [5.74, 6) is 1.45. The first kappa shape index (κ1) is 12.4. The maximum absolute atomic E-state index is 12.2. The molecule has 0 radical (unpaired) electrons. The van der Waals surface area contributed by atoms with E-state index in [0.29, 0.717) is 29.4 Å². The normalized spacial score (nSPS) is 10.4. The third-order valence-corrected chi connectivity index (χ3v) is 2.79. The molecule has 1 heterocycles. The summed E-state index contributed by atoms with van der Waals surface area (Å²) >= 11 is 0. The third kappa shape index (κ3) is 2.16. The van der Waals surface area contributed by atoms with E-state index in [9.17, 15) is 4.79 Å². The van der Waals surface area contributed by atoms with Crippen molar-refractivity contribution in [2.24, 2.45) is 0 Å². The fourth-order valence-corrected chi connectivity index (χ4v) is 1.89. The minimum absolute atomic E-state index is 0.0977. The van der Waals surface area contributed by atoms with Crippen LogP contribution in [0.2, 0.25) is 0 Å². The molecule has 0 bridgehead atoms. The summed E-state index contributed by atoms with van der Waals surface area (Å²) in [5, 5.41) is 0. The fraction of sp³-hybridized carbons (Fsp3) is 0.267. The van der Waals surface area contributed by atoms with Crippen molar-refractivity contribution in [3.63, 3.8) is 0 Å². The summed E-state index contributed by atoms with van der Waals surface area (Å²) in [5.41, 5.74) is 1.38. The van der Waals surface area contributed by atoms with Gasteiger partial charge in [-0.3, -0.25) is 4.79 Å². The van der Waals surface area contributed by atoms with Crippen molar-refractivity contribution in [1.82, 2.24) is 0 Å². The number of ether oxygens (including phenoxy) is 1. The smallest absolute Gasteiger partial charge is 0.230 e. The number of benzene rings is 1. The Bertz CT molecular complexity index is 597.